The zero-order valence-corrected chi connectivity index (χ0v) is 5.90. The van der Waals surface area contributed by atoms with Gasteiger partial charge in [0.05, 0.1) is 0 Å². The van der Waals surface area contributed by atoms with Gasteiger partial charge in [-0.25, -0.2) is 9.61 Å². The molecule has 0 aliphatic carbocycles. The quantitative estimate of drug-likeness (QED) is 0.651. The van der Waals surface area contributed by atoms with E-state index in [1.165, 1.54) is 0 Å². The molecule has 0 aliphatic heterocycles. The third-order valence-electron chi connectivity index (χ3n) is 1.38. The number of nitrogens with one attached hydrogen (secondary N) is 1. The third-order valence-corrected chi connectivity index (χ3v) is 1.38. The lowest BCUT2D eigenvalue weighted by Gasteiger charge is -1.85. The monoisotopic (exact) mass is 150 g/mol. The van der Waals surface area contributed by atoms with E-state index in [1.54, 1.807) is 12.4 Å². The van der Waals surface area contributed by atoms with Crippen LogP contribution in [0.5, 0.6) is 0 Å². The van der Waals surface area contributed by atoms with Crippen LogP contribution >= 0.6 is 0 Å². The van der Waals surface area contributed by atoms with Crippen LogP contribution in [0, 0.1) is 6.92 Å². The van der Waals surface area contributed by atoms with Crippen LogP contribution in [0.1, 0.15) is 5.69 Å². The van der Waals surface area contributed by atoms with Crippen molar-refractivity contribution in [3.63, 3.8) is 0 Å². The van der Waals surface area contributed by atoms with Gasteiger partial charge in [0.25, 0.3) is 0 Å². The van der Waals surface area contributed by atoms with E-state index in [1.807, 2.05) is 6.92 Å². The molecule has 0 atom stereocenters. The van der Waals surface area contributed by atoms with Crippen LogP contribution in [0.4, 0.5) is 0 Å². The fourth-order valence-electron chi connectivity index (χ4n) is 0.841. The predicted octanol–water partition coefficient (Wildman–Crippen LogP) is 0.768. The molecule has 0 aromatic carbocycles. The molecule has 2 rings (SSSR count). The Kier molecular flexibility index (Phi) is 1.21. The Balaban J connectivity index is 2.53. The molecule has 0 fully saturated rings. The average Bonchev–Trinajstić information content (AvgIpc) is 2.55. The van der Waals surface area contributed by atoms with Crippen LogP contribution in [-0.4, -0.2) is 20.3 Å². The third kappa shape index (κ3) is 0.899. The standard InChI is InChI=1S/C6H6N4O/c1-4-5(10-11-9-4)6-7-2-3-8-6/h2-3H,1H3,(H,7,8). The molecular weight excluding hydrogens is 144 g/mol. The minimum Gasteiger partial charge on any atom is -0.343 e. The van der Waals surface area contributed by atoms with Gasteiger partial charge < -0.3 is 4.98 Å². The van der Waals surface area contributed by atoms with E-state index in [4.69, 9.17) is 0 Å². The fourth-order valence-corrected chi connectivity index (χ4v) is 0.841. The molecule has 0 amide bonds. The number of nitrogens with zero attached hydrogens (tertiary/aromatic N) is 3. The Bertz CT molecular complexity index is 337. The SMILES string of the molecule is Cc1nonc1-c1ncc[nH]1. The Morgan fingerprint density at radius 2 is 2.36 bits per heavy atom. The summed E-state index contributed by atoms with van der Waals surface area (Å²) < 4.78 is 4.51. The van der Waals surface area contributed by atoms with Crippen molar-refractivity contribution in [2.45, 2.75) is 6.92 Å². The molecule has 1 N–H and O–H groups in total. The number of aryl methyl sites for hydroxylation is 1. The van der Waals surface area contributed by atoms with Gasteiger partial charge in [-0.1, -0.05) is 5.16 Å². The second kappa shape index (κ2) is 2.19. The molecule has 0 spiro atoms. The Hall–Kier alpha value is -1.65. The molecule has 0 unspecified atom stereocenters. The lowest BCUT2D eigenvalue weighted by molar-refractivity contribution is 0.305. The first-order valence-corrected chi connectivity index (χ1v) is 3.17. The van der Waals surface area contributed by atoms with Crippen LogP contribution in [0.15, 0.2) is 17.0 Å². The summed E-state index contributed by atoms with van der Waals surface area (Å²) in [4.78, 5) is 6.91. The maximum absolute atomic E-state index is 4.51. The van der Waals surface area contributed by atoms with E-state index in [-0.39, 0.29) is 0 Å². The molecule has 11 heavy (non-hydrogen) atoms. The predicted molar refractivity (Wildman–Crippen MR) is 36.6 cm³/mol. The second-order valence-corrected chi connectivity index (χ2v) is 2.14. The van der Waals surface area contributed by atoms with E-state index in [0.29, 0.717) is 11.5 Å². The van der Waals surface area contributed by atoms with Crippen LogP contribution in [-0.2, 0) is 0 Å². The highest BCUT2D eigenvalue weighted by Gasteiger charge is 2.08. The summed E-state index contributed by atoms with van der Waals surface area (Å²) >= 11 is 0. The van der Waals surface area contributed by atoms with E-state index in [9.17, 15) is 0 Å². The summed E-state index contributed by atoms with van der Waals surface area (Å²) in [5, 5.41) is 7.30. The van der Waals surface area contributed by atoms with Gasteiger partial charge in [-0.05, 0) is 12.1 Å². The maximum Gasteiger partial charge on any atom is 0.173 e. The van der Waals surface area contributed by atoms with Crippen LogP contribution in [0.3, 0.4) is 0 Å². The van der Waals surface area contributed by atoms with Gasteiger partial charge >= 0.3 is 0 Å². The average molecular weight is 150 g/mol. The molecule has 2 heterocycles. The molecule has 0 bridgehead atoms. The van der Waals surface area contributed by atoms with Gasteiger partial charge in [0, 0.05) is 12.4 Å². The van der Waals surface area contributed by atoms with Crippen molar-refractivity contribution < 1.29 is 4.63 Å². The van der Waals surface area contributed by atoms with Gasteiger partial charge in [0.2, 0.25) is 0 Å². The van der Waals surface area contributed by atoms with E-state index >= 15 is 0 Å². The molecule has 5 nitrogen and oxygen atoms in total. The summed E-state index contributed by atoms with van der Waals surface area (Å²) in [6.07, 6.45) is 3.38. The smallest absolute Gasteiger partial charge is 0.173 e. The molecule has 0 radical (unpaired) electrons. The van der Waals surface area contributed by atoms with Crippen molar-refractivity contribution in [1.82, 2.24) is 20.3 Å². The molecular formula is C6H6N4O. The summed E-state index contributed by atoms with van der Waals surface area (Å²) in [7, 11) is 0. The van der Waals surface area contributed by atoms with Crippen molar-refractivity contribution in [2.75, 3.05) is 0 Å². The van der Waals surface area contributed by atoms with Crippen molar-refractivity contribution in [2.24, 2.45) is 0 Å². The second-order valence-electron chi connectivity index (χ2n) is 2.14. The van der Waals surface area contributed by atoms with Crippen molar-refractivity contribution in [3.05, 3.63) is 18.1 Å². The summed E-state index contributed by atoms with van der Waals surface area (Å²) in [5.74, 6) is 0.684. The zero-order chi connectivity index (χ0) is 7.68. The summed E-state index contributed by atoms with van der Waals surface area (Å²) in [6, 6.07) is 0. The van der Waals surface area contributed by atoms with Crippen molar-refractivity contribution in [3.8, 4) is 11.5 Å². The number of rotatable bonds is 1. The van der Waals surface area contributed by atoms with Gasteiger partial charge in [0.1, 0.15) is 5.69 Å². The molecule has 5 heteroatoms. The first-order valence-electron chi connectivity index (χ1n) is 3.17. The van der Waals surface area contributed by atoms with Crippen LogP contribution in [0.2, 0.25) is 0 Å². The molecule has 2 aromatic rings. The van der Waals surface area contributed by atoms with E-state index in [0.717, 1.165) is 5.69 Å². The largest absolute Gasteiger partial charge is 0.343 e. The molecule has 2 aromatic heterocycles. The summed E-state index contributed by atoms with van der Waals surface area (Å²) in [6.45, 7) is 1.81. The number of hydrogen-bond donors (Lipinski definition) is 1. The molecule has 0 saturated heterocycles. The number of aromatic nitrogens is 4. The minimum atomic E-state index is 0.662. The minimum absolute atomic E-state index is 0.662. The lowest BCUT2D eigenvalue weighted by Crippen LogP contribution is -1.82. The van der Waals surface area contributed by atoms with E-state index in [2.05, 4.69) is 24.9 Å². The fraction of sp³-hybridized carbons (Fsp3) is 0.167. The molecule has 0 saturated carbocycles. The first-order chi connectivity index (χ1) is 5.38. The number of imidazole rings is 1. The van der Waals surface area contributed by atoms with Gasteiger partial charge in [0.15, 0.2) is 11.5 Å². The van der Waals surface area contributed by atoms with Crippen molar-refractivity contribution >= 4 is 0 Å². The van der Waals surface area contributed by atoms with Crippen LogP contribution in [0.25, 0.3) is 11.5 Å². The maximum atomic E-state index is 4.51. The number of aromatic amines is 1. The molecule has 0 aliphatic rings. The molecule has 56 valence electrons. The Morgan fingerprint density at radius 1 is 1.45 bits per heavy atom. The number of hydrogen-bond acceptors (Lipinski definition) is 4. The Labute approximate surface area is 62.4 Å². The Morgan fingerprint density at radius 3 is 2.91 bits per heavy atom. The first kappa shape index (κ1) is 6.09. The van der Waals surface area contributed by atoms with E-state index < -0.39 is 0 Å². The lowest BCUT2D eigenvalue weighted by atomic mass is 10.3. The van der Waals surface area contributed by atoms with Crippen molar-refractivity contribution in [1.29, 1.82) is 0 Å². The summed E-state index contributed by atoms with van der Waals surface area (Å²) in [5.41, 5.74) is 1.40. The number of H-pyrrole nitrogens is 1. The highest BCUT2D eigenvalue weighted by atomic mass is 16.6. The van der Waals surface area contributed by atoms with Crippen LogP contribution < -0.4 is 0 Å². The zero-order valence-electron chi connectivity index (χ0n) is 5.90. The normalized spacial score (nSPS) is 10.3. The highest BCUT2D eigenvalue weighted by Crippen LogP contribution is 2.13. The highest BCUT2D eigenvalue weighted by molar-refractivity contribution is 5.50. The van der Waals surface area contributed by atoms with Gasteiger partial charge in [-0.3, -0.25) is 0 Å². The van der Waals surface area contributed by atoms with Gasteiger partial charge in [-0.15, -0.1) is 0 Å². The van der Waals surface area contributed by atoms with Gasteiger partial charge in [-0.2, -0.15) is 0 Å². The topological polar surface area (TPSA) is 67.6 Å².